The summed E-state index contributed by atoms with van der Waals surface area (Å²) in [6, 6.07) is 2.54. The highest BCUT2D eigenvalue weighted by atomic mass is 19.2. The van der Waals surface area contributed by atoms with Crippen molar-refractivity contribution in [3.05, 3.63) is 23.8 Å². The second kappa shape index (κ2) is 11.3. The zero-order chi connectivity index (χ0) is 19.6. The average molecular weight is 382 g/mol. The molecule has 5 heteroatoms. The molecule has 1 aliphatic rings. The highest BCUT2D eigenvalue weighted by molar-refractivity contribution is 5.75. The van der Waals surface area contributed by atoms with Gasteiger partial charge < -0.3 is 9.47 Å². The summed E-state index contributed by atoms with van der Waals surface area (Å²) in [5.41, 5.74) is 0. The molecule has 0 bridgehead atoms. The number of carbonyl (C=O) groups is 1. The smallest absolute Gasteiger partial charge is 0.314 e. The van der Waals surface area contributed by atoms with Gasteiger partial charge in [0.15, 0.2) is 11.5 Å². The van der Waals surface area contributed by atoms with E-state index in [0.717, 1.165) is 25.7 Å². The third-order valence-corrected chi connectivity index (χ3v) is 5.42. The normalized spacial score (nSPS) is 19.7. The predicted octanol–water partition coefficient (Wildman–Crippen LogP) is 6.44. The van der Waals surface area contributed by atoms with Crippen molar-refractivity contribution >= 4 is 5.97 Å². The first-order valence-corrected chi connectivity index (χ1v) is 10.4. The molecule has 0 radical (unpaired) electrons. The Morgan fingerprint density at radius 1 is 0.963 bits per heavy atom. The molecule has 1 aromatic carbocycles. The minimum absolute atomic E-state index is 0.172. The molecule has 0 spiro atoms. The lowest BCUT2D eigenvalue weighted by atomic mass is 9.80. The van der Waals surface area contributed by atoms with E-state index in [1.54, 1.807) is 6.92 Å². The summed E-state index contributed by atoms with van der Waals surface area (Å²) in [6.45, 7) is 4.14. The molecule has 1 aliphatic carbocycles. The summed E-state index contributed by atoms with van der Waals surface area (Å²) in [4.78, 5) is 12.3. The van der Waals surface area contributed by atoms with E-state index in [-0.39, 0.29) is 24.0 Å². The maximum Gasteiger partial charge on any atom is 0.314 e. The van der Waals surface area contributed by atoms with Gasteiger partial charge in [-0.3, -0.25) is 4.79 Å². The van der Waals surface area contributed by atoms with Gasteiger partial charge in [-0.15, -0.1) is 0 Å². The van der Waals surface area contributed by atoms with Gasteiger partial charge >= 0.3 is 5.97 Å². The monoisotopic (exact) mass is 382 g/mol. The van der Waals surface area contributed by atoms with Crippen molar-refractivity contribution in [3.8, 4) is 11.5 Å². The number of halogens is 2. The number of ether oxygens (including phenoxy) is 2. The van der Waals surface area contributed by atoms with Gasteiger partial charge in [0.25, 0.3) is 0 Å². The molecule has 0 saturated heterocycles. The molecule has 0 atom stereocenters. The van der Waals surface area contributed by atoms with E-state index in [9.17, 15) is 13.6 Å². The van der Waals surface area contributed by atoms with E-state index in [0.29, 0.717) is 5.92 Å². The van der Waals surface area contributed by atoms with Crippen LogP contribution in [0.1, 0.15) is 78.1 Å². The first kappa shape index (κ1) is 21.6. The van der Waals surface area contributed by atoms with Crippen LogP contribution in [0.2, 0.25) is 0 Å². The number of hydrogen-bond acceptors (Lipinski definition) is 3. The Balaban J connectivity index is 1.78. The fourth-order valence-corrected chi connectivity index (χ4v) is 3.77. The van der Waals surface area contributed by atoms with Crippen LogP contribution in [0.5, 0.6) is 11.5 Å². The van der Waals surface area contributed by atoms with E-state index >= 15 is 0 Å². The highest BCUT2D eigenvalue weighted by Gasteiger charge is 2.28. The Bertz CT molecular complexity index is 595. The second-order valence-electron chi connectivity index (χ2n) is 7.46. The van der Waals surface area contributed by atoms with Gasteiger partial charge in [-0.05, 0) is 50.7 Å². The Hall–Kier alpha value is -1.65. The van der Waals surface area contributed by atoms with Crippen LogP contribution in [0.4, 0.5) is 8.78 Å². The molecule has 27 heavy (non-hydrogen) atoms. The lowest BCUT2D eigenvalue weighted by Gasteiger charge is -2.27. The van der Waals surface area contributed by atoms with E-state index < -0.39 is 17.6 Å². The molecule has 152 valence electrons. The molecule has 1 fully saturated rings. The van der Waals surface area contributed by atoms with Gasteiger partial charge in [0.05, 0.1) is 12.5 Å². The minimum atomic E-state index is -1.17. The second-order valence-corrected chi connectivity index (χ2v) is 7.46. The van der Waals surface area contributed by atoms with Crippen molar-refractivity contribution < 1.29 is 23.0 Å². The summed E-state index contributed by atoms with van der Waals surface area (Å²) in [6.07, 6.45) is 11.2. The van der Waals surface area contributed by atoms with Gasteiger partial charge in [-0.1, -0.05) is 45.4 Å². The first-order valence-electron chi connectivity index (χ1n) is 10.4. The zero-order valence-corrected chi connectivity index (χ0v) is 16.6. The third-order valence-electron chi connectivity index (χ3n) is 5.42. The van der Waals surface area contributed by atoms with Crippen molar-refractivity contribution in [3.63, 3.8) is 0 Å². The summed E-state index contributed by atoms with van der Waals surface area (Å²) in [5.74, 6) is -2.83. The number of carbonyl (C=O) groups excluding carboxylic acids is 1. The number of esters is 1. The lowest BCUT2D eigenvalue weighted by molar-refractivity contribution is -0.140. The van der Waals surface area contributed by atoms with Crippen molar-refractivity contribution in [2.45, 2.75) is 78.1 Å². The van der Waals surface area contributed by atoms with Crippen LogP contribution in [0.15, 0.2) is 12.1 Å². The third kappa shape index (κ3) is 6.47. The van der Waals surface area contributed by atoms with Crippen molar-refractivity contribution in [2.75, 3.05) is 6.61 Å². The van der Waals surface area contributed by atoms with E-state index in [4.69, 9.17) is 9.47 Å². The molecule has 0 aliphatic heterocycles. The van der Waals surface area contributed by atoms with Gasteiger partial charge in [0.2, 0.25) is 11.6 Å². The Morgan fingerprint density at radius 2 is 1.59 bits per heavy atom. The number of benzene rings is 1. The largest absolute Gasteiger partial charge is 0.491 e. The topological polar surface area (TPSA) is 35.5 Å². The summed E-state index contributed by atoms with van der Waals surface area (Å²) < 4.78 is 38.1. The molecule has 0 N–H and O–H groups in total. The van der Waals surface area contributed by atoms with Gasteiger partial charge in [-0.25, -0.2) is 0 Å². The predicted molar refractivity (Wildman–Crippen MR) is 102 cm³/mol. The molecule has 0 aromatic heterocycles. The van der Waals surface area contributed by atoms with Crippen LogP contribution in [0, 0.1) is 23.5 Å². The van der Waals surface area contributed by atoms with E-state index in [1.165, 1.54) is 50.7 Å². The SMILES string of the molecule is CCCCCCC[C@H]1CC[C@H](C(=O)Oc2ccc(OCC)c(F)c2F)CC1. The Labute approximate surface area is 161 Å². The number of hydrogen-bond donors (Lipinski definition) is 0. The van der Waals surface area contributed by atoms with Crippen molar-refractivity contribution in [1.29, 1.82) is 0 Å². The highest BCUT2D eigenvalue weighted by Crippen LogP contribution is 2.34. The minimum Gasteiger partial charge on any atom is -0.491 e. The summed E-state index contributed by atoms with van der Waals surface area (Å²) in [7, 11) is 0. The maximum absolute atomic E-state index is 14.1. The molecule has 3 nitrogen and oxygen atoms in total. The fourth-order valence-electron chi connectivity index (χ4n) is 3.77. The molecule has 1 aromatic rings. The molecule has 0 amide bonds. The Morgan fingerprint density at radius 3 is 2.26 bits per heavy atom. The average Bonchev–Trinajstić information content (AvgIpc) is 2.68. The fraction of sp³-hybridized carbons (Fsp3) is 0.682. The van der Waals surface area contributed by atoms with Crippen LogP contribution >= 0.6 is 0 Å². The number of unbranched alkanes of at least 4 members (excludes halogenated alkanes) is 4. The maximum atomic E-state index is 14.1. The molecule has 2 rings (SSSR count). The van der Waals surface area contributed by atoms with Crippen LogP contribution in [-0.2, 0) is 4.79 Å². The van der Waals surface area contributed by atoms with Gasteiger partial charge in [0, 0.05) is 0 Å². The van der Waals surface area contributed by atoms with Gasteiger partial charge in [-0.2, -0.15) is 8.78 Å². The quantitative estimate of drug-likeness (QED) is 0.265. The molecular formula is C22H32F2O3. The molecular weight excluding hydrogens is 350 g/mol. The Kier molecular flexibility index (Phi) is 9.02. The first-order chi connectivity index (χ1) is 13.1. The lowest BCUT2D eigenvalue weighted by Crippen LogP contribution is -2.26. The van der Waals surface area contributed by atoms with E-state index in [2.05, 4.69) is 6.92 Å². The van der Waals surface area contributed by atoms with Gasteiger partial charge in [0.1, 0.15) is 0 Å². The zero-order valence-electron chi connectivity index (χ0n) is 16.6. The molecule has 0 heterocycles. The molecule has 0 unspecified atom stereocenters. The van der Waals surface area contributed by atoms with Crippen molar-refractivity contribution in [1.82, 2.24) is 0 Å². The summed E-state index contributed by atoms with van der Waals surface area (Å²) in [5, 5.41) is 0. The summed E-state index contributed by atoms with van der Waals surface area (Å²) >= 11 is 0. The van der Waals surface area contributed by atoms with E-state index in [1.807, 2.05) is 0 Å². The van der Waals surface area contributed by atoms with Crippen LogP contribution < -0.4 is 9.47 Å². The molecule has 1 saturated carbocycles. The number of rotatable bonds is 10. The van der Waals surface area contributed by atoms with Crippen LogP contribution in [-0.4, -0.2) is 12.6 Å². The standard InChI is InChI=1S/C22H32F2O3/c1-3-5-6-7-8-9-16-10-12-17(13-11-16)22(25)27-19-15-14-18(26-4-2)20(23)21(19)24/h14-17H,3-13H2,1-2H3/t16-,17-. The van der Waals surface area contributed by atoms with Crippen molar-refractivity contribution in [2.24, 2.45) is 11.8 Å². The van der Waals surface area contributed by atoms with Crippen LogP contribution in [0.25, 0.3) is 0 Å². The van der Waals surface area contributed by atoms with Crippen LogP contribution in [0.3, 0.4) is 0 Å².